The van der Waals surface area contributed by atoms with E-state index >= 15 is 0 Å². The molecule has 2 fully saturated rings. The molecule has 0 aromatic heterocycles. The number of likely N-dealkylation sites (tertiary alicyclic amines) is 1. The van der Waals surface area contributed by atoms with Gasteiger partial charge in [0.1, 0.15) is 17.2 Å². The largest absolute Gasteiger partial charge is 0.496 e. The van der Waals surface area contributed by atoms with Gasteiger partial charge in [-0.15, -0.1) is 0 Å². The summed E-state index contributed by atoms with van der Waals surface area (Å²) in [6, 6.07) is 4.75. The lowest BCUT2D eigenvalue weighted by molar-refractivity contribution is -0.00272. The van der Waals surface area contributed by atoms with Gasteiger partial charge in [0.05, 0.1) is 7.11 Å². The van der Waals surface area contributed by atoms with Crippen molar-refractivity contribution < 1.29 is 18.7 Å². The zero-order valence-corrected chi connectivity index (χ0v) is 16.8. The Labute approximate surface area is 161 Å². The monoisotopic (exact) mass is 378 g/mol. The van der Waals surface area contributed by atoms with Crippen LogP contribution in [-0.2, 0) is 4.74 Å². The number of nitrogens with one attached hydrogen (secondary N) is 1. The first-order chi connectivity index (χ1) is 12.7. The first kappa shape index (κ1) is 19.9. The Kier molecular flexibility index (Phi) is 5.65. The lowest BCUT2D eigenvalue weighted by atomic mass is 9.62. The van der Waals surface area contributed by atoms with E-state index in [-0.39, 0.29) is 23.2 Å². The Morgan fingerprint density at radius 2 is 1.96 bits per heavy atom. The molecule has 3 rings (SSSR count). The van der Waals surface area contributed by atoms with Crippen molar-refractivity contribution in [2.24, 2.45) is 5.41 Å². The summed E-state index contributed by atoms with van der Waals surface area (Å²) in [6.45, 7) is 8.82. The highest BCUT2D eigenvalue weighted by Gasteiger charge is 2.46. The maximum absolute atomic E-state index is 13.8. The third kappa shape index (κ3) is 4.37. The Morgan fingerprint density at radius 3 is 2.59 bits per heavy atom. The number of hydrogen-bond donors (Lipinski definition) is 1. The van der Waals surface area contributed by atoms with Crippen LogP contribution in [0, 0.1) is 11.2 Å². The summed E-state index contributed by atoms with van der Waals surface area (Å²) in [5.74, 6) is 0.343. The number of piperidine rings is 2. The molecule has 0 radical (unpaired) electrons. The number of amides is 1. The van der Waals surface area contributed by atoms with Gasteiger partial charge < -0.3 is 19.7 Å². The van der Waals surface area contributed by atoms with E-state index in [0.717, 1.165) is 37.9 Å². The van der Waals surface area contributed by atoms with Crippen LogP contribution < -0.4 is 10.1 Å². The molecule has 1 atom stereocenters. The minimum atomic E-state index is -0.524. The fourth-order valence-electron chi connectivity index (χ4n) is 4.45. The maximum atomic E-state index is 13.8. The van der Waals surface area contributed by atoms with E-state index in [1.165, 1.54) is 12.1 Å². The molecule has 1 unspecified atom stereocenters. The van der Waals surface area contributed by atoms with Gasteiger partial charge in [0.25, 0.3) is 0 Å². The van der Waals surface area contributed by atoms with Gasteiger partial charge in [0, 0.05) is 25.1 Å². The minimum absolute atomic E-state index is 0.0921. The number of rotatable bonds is 2. The van der Waals surface area contributed by atoms with Crippen molar-refractivity contribution >= 4 is 6.09 Å². The molecule has 2 aliphatic rings. The van der Waals surface area contributed by atoms with E-state index in [4.69, 9.17) is 9.47 Å². The number of nitrogens with zero attached hydrogens (tertiary/aromatic N) is 1. The van der Waals surface area contributed by atoms with Crippen LogP contribution in [-0.4, -0.2) is 49.9 Å². The molecule has 5 nitrogen and oxygen atoms in total. The van der Waals surface area contributed by atoms with E-state index < -0.39 is 5.60 Å². The van der Waals surface area contributed by atoms with Gasteiger partial charge in [-0.1, -0.05) is 6.07 Å². The van der Waals surface area contributed by atoms with Crippen LogP contribution >= 0.6 is 0 Å². The third-order valence-corrected chi connectivity index (χ3v) is 5.84. The molecular weight excluding hydrogens is 347 g/mol. The molecule has 27 heavy (non-hydrogen) atoms. The molecular formula is C21H31FN2O3. The fourth-order valence-corrected chi connectivity index (χ4v) is 4.45. The van der Waals surface area contributed by atoms with Crippen molar-refractivity contribution in [1.29, 1.82) is 0 Å². The van der Waals surface area contributed by atoms with E-state index in [9.17, 15) is 9.18 Å². The molecule has 0 saturated carbocycles. The first-order valence-corrected chi connectivity index (χ1v) is 9.76. The van der Waals surface area contributed by atoms with Gasteiger partial charge in [-0.2, -0.15) is 0 Å². The van der Waals surface area contributed by atoms with Crippen molar-refractivity contribution in [3.05, 3.63) is 29.6 Å². The summed E-state index contributed by atoms with van der Waals surface area (Å²) >= 11 is 0. The summed E-state index contributed by atoms with van der Waals surface area (Å²) in [7, 11) is 1.57. The molecule has 150 valence electrons. The van der Waals surface area contributed by atoms with E-state index in [1.54, 1.807) is 12.0 Å². The van der Waals surface area contributed by atoms with Crippen LogP contribution in [0.3, 0.4) is 0 Å². The smallest absolute Gasteiger partial charge is 0.410 e. The van der Waals surface area contributed by atoms with Crippen LogP contribution in [0.2, 0.25) is 0 Å². The second-order valence-electron chi connectivity index (χ2n) is 8.73. The van der Waals surface area contributed by atoms with Gasteiger partial charge in [0.15, 0.2) is 0 Å². The topological polar surface area (TPSA) is 50.8 Å². The molecule has 1 N–H and O–H groups in total. The van der Waals surface area contributed by atoms with Crippen molar-refractivity contribution in [3.8, 4) is 5.75 Å². The average molecular weight is 378 g/mol. The highest BCUT2D eigenvalue weighted by molar-refractivity contribution is 5.68. The van der Waals surface area contributed by atoms with Gasteiger partial charge >= 0.3 is 6.09 Å². The zero-order chi connectivity index (χ0) is 19.7. The molecule has 0 bridgehead atoms. The van der Waals surface area contributed by atoms with Gasteiger partial charge in [-0.3, -0.25) is 0 Å². The summed E-state index contributed by atoms with van der Waals surface area (Å²) in [4.78, 5) is 14.5. The van der Waals surface area contributed by atoms with E-state index in [0.29, 0.717) is 18.8 Å². The summed E-state index contributed by atoms with van der Waals surface area (Å²) in [5, 5.41) is 3.43. The zero-order valence-electron chi connectivity index (χ0n) is 16.8. The van der Waals surface area contributed by atoms with Crippen molar-refractivity contribution in [1.82, 2.24) is 10.2 Å². The molecule has 2 saturated heterocycles. The molecule has 2 aliphatic heterocycles. The summed E-state index contributed by atoms with van der Waals surface area (Å²) < 4.78 is 24.8. The molecule has 1 aromatic rings. The Morgan fingerprint density at radius 1 is 1.26 bits per heavy atom. The highest BCUT2D eigenvalue weighted by Crippen LogP contribution is 2.51. The van der Waals surface area contributed by atoms with Crippen LogP contribution in [0.1, 0.15) is 51.5 Å². The lowest BCUT2D eigenvalue weighted by Gasteiger charge is -2.50. The van der Waals surface area contributed by atoms with Crippen LogP contribution in [0.15, 0.2) is 18.2 Å². The van der Waals surface area contributed by atoms with Crippen LogP contribution in [0.25, 0.3) is 0 Å². The van der Waals surface area contributed by atoms with Crippen molar-refractivity contribution in [2.45, 2.75) is 51.6 Å². The number of benzene rings is 1. The number of ether oxygens (including phenoxy) is 2. The molecule has 1 aromatic carbocycles. The number of hydrogen-bond acceptors (Lipinski definition) is 4. The van der Waals surface area contributed by atoms with E-state index in [1.807, 2.05) is 26.8 Å². The first-order valence-electron chi connectivity index (χ1n) is 9.76. The predicted octanol–water partition coefficient (Wildman–Crippen LogP) is 3.93. The average Bonchev–Trinajstić information content (AvgIpc) is 2.61. The molecule has 0 aliphatic carbocycles. The van der Waals surface area contributed by atoms with Gasteiger partial charge in [-0.25, -0.2) is 9.18 Å². The quantitative estimate of drug-likeness (QED) is 0.847. The lowest BCUT2D eigenvalue weighted by Crippen LogP contribution is -2.52. The molecule has 6 heteroatoms. The number of carbonyl (C=O) groups excluding carboxylic acids is 1. The van der Waals surface area contributed by atoms with E-state index in [2.05, 4.69) is 5.32 Å². The number of halogens is 1. The van der Waals surface area contributed by atoms with Crippen molar-refractivity contribution in [2.75, 3.05) is 33.3 Å². The standard InChI is InChI=1S/C21H31FN2O3/c1-20(2,3)27-19(25)24-12-9-21(7-10-23-11-8-21)17(14-24)16-6-5-15(22)13-18(16)26-4/h5-6,13,17,23H,7-12,14H2,1-4H3. The fraction of sp³-hybridized carbons (Fsp3) is 0.667. The normalized spacial score (nSPS) is 22.6. The Balaban J connectivity index is 1.92. The maximum Gasteiger partial charge on any atom is 0.410 e. The second-order valence-corrected chi connectivity index (χ2v) is 8.73. The molecule has 2 heterocycles. The number of methoxy groups -OCH3 is 1. The molecule has 1 spiro atoms. The van der Waals surface area contributed by atoms with Crippen molar-refractivity contribution in [3.63, 3.8) is 0 Å². The summed E-state index contributed by atoms with van der Waals surface area (Å²) in [6.07, 6.45) is 2.72. The molecule has 1 amide bonds. The third-order valence-electron chi connectivity index (χ3n) is 5.84. The minimum Gasteiger partial charge on any atom is -0.496 e. The Bertz CT molecular complexity index is 680. The SMILES string of the molecule is COc1cc(F)ccc1C1CN(C(=O)OC(C)(C)C)CCC12CCNCC2. The second kappa shape index (κ2) is 7.66. The summed E-state index contributed by atoms with van der Waals surface area (Å²) in [5.41, 5.74) is 0.549. The van der Waals surface area contributed by atoms with Crippen LogP contribution in [0.4, 0.5) is 9.18 Å². The highest BCUT2D eigenvalue weighted by atomic mass is 19.1. The Hall–Kier alpha value is -1.82. The number of carbonyl (C=O) groups is 1. The van der Waals surface area contributed by atoms with Gasteiger partial charge in [-0.05, 0) is 70.2 Å². The predicted molar refractivity (Wildman–Crippen MR) is 103 cm³/mol. The van der Waals surface area contributed by atoms with Gasteiger partial charge in [0.2, 0.25) is 0 Å². The van der Waals surface area contributed by atoms with Crippen LogP contribution in [0.5, 0.6) is 5.75 Å².